The lowest BCUT2D eigenvalue weighted by Gasteiger charge is -2.25. The standard InChI is InChI=1S/C22H24N4O7/c1-5-9-25(10-6-2)18(29)14-32-20-19(31-12-7-3)16(13-27)33-21(20)26-11-8-17(23-15(4)28)24-22(26)30/h1-3,8,11,16,19-21,27H,9-10,12-14H2,4H3,(H,23,24,28,30)/t16-,19-,20-,21-/m1/s1. The second kappa shape index (κ2) is 12.4. The van der Waals surface area contributed by atoms with Gasteiger partial charge in [0.2, 0.25) is 11.8 Å². The highest BCUT2D eigenvalue weighted by Crippen LogP contribution is 2.33. The summed E-state index contributed by atoms with van der Waals surface area (Å²) in [6.45, 7) is 0.208. The molecule has 2 N–H and O–H groups in total. The second-order valence-electron chi connectivity index (χ2n) is 6.84. The highest BCUT2D eigenvalue weighted by atomic mass is 16.6. The van der Waals surface area contributed by atoms with E-state index in [1.807, 2.05) is 0 Å². The Labute approximate surface area is 191 Å². The Morgan fingerprint density at radius 1 is 1.24 bits per heavy atom. The molecule has 1 aliphatic rings. The number of amides is 2. The summed E-state index contributed by atoms with van der Waals surface area (Å²) in [6.07, 6.45) is 13.2. The molecule has 1 fully saturated rings. The Hall–Kier alpha value is -3.66. The summed E-state index contributed by atoms with van der Waals surface area (Å²) in [5.74, 6) is 6.16. The van der Waals surface area contributed by atoms with E-state index < -0.39 is 55.3 Å². The van der Waals surface area contributed by atoms with Gasteiger partial charge in [0.1, 0.15) is 37.3 Å². The van der Waals surface area contributed by atoms with Gasteiger partial charge in [-0.25, -0.2) is 4.79 Å². The number of hydrogen-bond acceptors (Lipinski definition) is 8. The molecule has 33 heavy (non-hydrogen) atoms. The van der Waals surface area contributed by atoms with Crippen LogP contribution in [0, 0.1) is 37.0 Å². The normalized spacial score (nSPS) is 21.4. The van der Waals surface area contributed by atoms with Gasteiger partial charge in [0.25, 0.3) is 0 Å². The molecule has 1 saturated heterocycles. The molecule has 2 amide bonds. The van der Waals surface area contributed by atoms with E-state index in [0.717, 1.165) is 4.57 Å². The summed E-state index contributed by atoms with van der Waals surface area (Å²) in [6, 6.07) is 1.39. The maximum Gasteiger partial charge on any atom is 0.351 e. The van der Waals surface area contributed by atoms with Gasteiger partial charge in [0, 0.05) is 13.1 Å². The third-order valence-electron chi connectivity index (χ3n) is 4.55. The van der Waals surface area contributed by atoms with Crippen molar-refractivity contribution in [3.05, 3.63) is 22.7 Å². The summed E-state index contributed by atoms with van der Waals surface area (Å²) in [4.78, 5) is 41.4. The Morgan fingerprint density at radius 3 is 2.48 bits per heavy atom. The number of hydrogen-bond donors (Lipinski definition) is 2. The molecular formula is C22H24N4O7. The van der Waals surface area contributed by atoms with Crippen molar-refractivity contribution in [3.8, 4) is 37.0 Å². The number of nitrogens with one attached hydrogen (secondary N) is 1. The van der Waals surface area contributed by atoms with Gasteiger partial charge in [0.15, 0.2) is 6.23 Å². The fraction of sp³-hybridized carbons (Fsp3) is 0.455. The van der Waals surface area contributed by atoms with E-state index in [9.17, 15) is 19.5 Å². The molecule has 1 aromatic rings. The van der Waals surface area contributed by atoms with E-state index in [2.05, 4.69) is 28.1 Å². The van der Waals surface area contributed by atoms with Gasteiger partial charge >= 0.3 is 5.69 Å². The maximum absolute atomic E-state index is 12.6. The van der Waals surface area contributed by atoms with Crippen molar-refractivity contribution in [2.75, 3.05) is 38.2 Å². The minimum Gasteiger partial charge on any atom is -0.394 e. The molecule has 1 aromatic heterocycles. The number of aliphatic hydroxyl groups is 1. The highest BCUT2D eigenvalue weighted by Gasteiger charge is 2.47. The van der Waals surface area contributed by atoms with E-state index in [1.165, 1.54) is 24.1 Å². The first-order chi connectivity index (χ1) is 15.9. The Morgan fingerprint density at radius 2 is 1.94 bits per heavy atom. The van der Waals surface area contributed by atoms with Crippen LogP contribution in [0.5, 0.6) is 0 Å². The fourth-order valence-electron chi connectivity index (χ4n) is 3.17. The van der Waals surface area contributed by atoms with Crippen molar-refractivity contribution in [1.82, 2.24) is 14.5 Å². The summed E-state index contributed by atoms with van der Waals surface area (Å²) in [5.41, 5.74) is -0.762. The van der Waals surface area contributed by atoms with Gasteiger partial charge in [-0.1, -0.05) is 17.8 Å². The van der Waals surface area contributed by atoms with Crippen molar-refractivity contribution >= 4 is 17.6 Å². The van der Waals surface area contributed by atoms with Gasteiger partial charge in [-0.05, 0) is 6.07 Å². The van der Waals surface area contributed by atoms with Crippen LogP contribution < -0.4 is 11.0 Å². The van der Waals surface area contributed by atoms with Crippen LogP contribution in [0.1, 0.15) is 13.2 Å². The predicted octanol–water partition coefficient (Wildman–Crippen LogP) is -1.41. The highest BCUT2D eigenvalue weighted by molar-refractivity contribution is 5.87. The van der Waals surface area contributed by atoms with Crippen LogP contribution in [0.4, 0.5) is 5.82 Å². The molecule has 4 atom stereocenters. The zero-order chi connectivity index (χ0) is 24.4. The smallest absolute Gasteiger partial charge is 0.351 e. The summed E-state index contributed by atoms with van der Waals surface area (Å²) < 4.78 is 18.3. The minimum absolute atomic E-state index is 0.0126. The van der Waals surface area contributed by atoms with Crippen molar-refractivity contribution in [3.63, 3.8) is 0 Å². The van der Waals surface area contributed by atoms with Crippen molar-refractivity contribution in [1.29, 1.82) is 0 Å². The van der Waals surface area contributed by atoms with Crippen molar-refractivity contribution in [2.45, 2.75) is 31.5 Å². The minimum atomic E-state index is -1.11. The van der Waals surface area contributed by atoms with Gasteiger partial charge in [0.05, 0.1) is 19.7 Å². The number of aliphatic hydroxyl groups excluding tert-OH is 1. The third-order valence-corrected chi connectivity index (χ3v) is 4.55. The Kier molecular flexibility index (Phi) is 9.62. The van der Waals surface area contributed by atoms with Crippen LogP contribution >= 0.6 is 0 Å². The van der Waals surface area contributed by atoms with Crippen molar-refractivity contribution in [2.24, 2.45) is 0 Å². The molecule has 0 aromatic carbocycles. The molecule has 11 heteroatoms. The zero-order valence-corrected chi connectivity index (χ0v) is 18.0. The monoisotopic (exact) mass is 456 g/mol. The first-order valence-electron chi connectivity index (χ1n) is 9.80. The molecule has 0 aliphatic carbocycles. The number of ether oxygens (including phenoxy) is 3. The van der Waals surface area contributed by atoms with Crippen LogP contribution in [-0.2, 0) is 23.8 Å². The van der Waals surface area contributed by atoms with Crippen LogP contribution in [-0.4, -0.2) is 82.6 Å². The van der Waals surface area contributed by atoms with Crippen molar-refractivity contribution < 1.29 is 28.9 Å². The lowest BCUT2D eigenvalue weighted by atomic mass is 10.1. The lowest BCUT2D eigenvalue weighted by molar-refractivity contribution is -0.143. The van der Waals surface area contributed by atoms with Crippen LogP contribution in [0.15, 0.2) is 17.1 Å². The molecule has 11 nitrogen and oxygen atoms in total. The summed E-state index contributed by atoms with van der Waals surface area (Å²) in [5, 5.41) is 12.2. The number of carbonyl (C=O) groups excluding carboxylic acids is 2. The zero-order valence-electron chi connectivity index (χ0n) is 18.0. The van der Waals surface area contributed by atoms with Crippen LogP contribution in [0.25, 0.3) is 0 Å². The Balaban J connectivity index is 2.32. The molecule has 174 valence electrons. The van der Waals surface area contributed by atoms with Gasteiger partial charge in [-0.15, -0.1) is 19.3 Å². The van der Waals surface area contributed by atoms with E-state index >= 15 is 0 Å². The number of aromatic nitrogens is 2. The fourth-order valence-corrected chi connectivity index (χ4v) is 3.17. The average molecular weight is 456 g/mol. The number of anilines is 1. The molecule has 0 spiro atoms. The SMILES string of the molecule is C#CCO[C@H]1[C@@H](OCC(=O)N(CC#C)CC#C)[C@H](n2ccc(NC(C)=O)nc2=O)O[C@@H]1CO. The molecule has 0 unspecified atom stereocenters. The Bertz CT molecular complexity index is 1020. The van der Waals surface area contributed by atoms with E-state index in [4.69, 9.17) is 33.5 Å². The largest absolute Gasteiger partial charge is 0.394 e. The molecule has 1 aliphatic heterocycles. The average Bonchev–Trinajstić information content (AvgIpc) is 3.12. The summed E-state index contributed by atoms with van der Waals surface area (Å²) in [7, 11) is 0. The third kappa shape index (κ3) is 6.66. The van der Waals surface area contributed by atoms with Crippen LogP contribution in [0.2, 0.25) is 0 Å². The van der Waals surface area contributed by atoms with Gasteiger partial charge in [-0.2, -0.15) is 4.98 Å². The number of terminal acetylenes is 3. The summed E-state index contributed by atoms with van der Waals surface area (Å²) >= 11 is 0. The first-order valence-corrected chi connectivity index (χ1v) is 9.80. The lowest BCUT2D eigenvalue weighted by Crippen LogP contribution is -2.43. The molecule has 2 rings (SSSR count). The molecule has 0 saturated carbocycles. The molecule has 0 radical (unpaired) electrons. The van der Waals surface area contributed by atoms with E-state index in [1.54, 1.807) is 0 Å². The van der Waals surface area contributed by atoms with Crippen LogP contribution in [0.3, 0.4) is 0 Å². The molecule has 2 heterocycles. The van der Waals surface area contributed by atoms with E-state index in [-0.39, 0.29) is 25.5 Å². The predicted molar refractivity (Wildman–Crippen MR) is 116 cm³/mol. The van der Waals surface area contributed by atoms with E-state index in [0.29, 0.717) is 0 Å². The quantitative estimate of drug-likeness (QED) is 0.411. The van der Waals surface area contributed by atoms with Gasteiger partial charge in [-0.3, -0.25) is 14.2 Å². The van der Waals surface area contributed by atoms with Gasteiger partial charge < -0.3 is 29.5 Å². The molecule has 0 bridgehead atoms. The maximum atomic E-state index is 12.6. The number of carbonyl (C=O) groups is 2. The first kappa shape index (κ1) is 25.6. The topological polar surface area (TPSA) is 132 Å². The number of rotatable bonds is 10. The second-order valence-corrected chi connectivity index (χ2v) is 6.84. The molecular weight excluding hydrogens is 432 g/mol. The number of nitrogens with zero attached hydrogens (tertiary/aromatic N) is 3.